The average Bonchev–Trinajstić information content (AvgIpc) is 2.54. The van der Waals surface area contributed by atoms with Crippen molar-refractivity contribution in [3.63, 3.8) is 0 Å². The highest BCUT2D eigenvalue weighted by Crippen LogP contribution is 2.22. The highest BCUT2D eigenvalue weighted by Gasteiger charge is 2.08. The van der Waals surface area contributed by atoms with E-state index in [9.17, 15) is 8.78 Å². The van der Waals surface area contributed by atoms with Crippen molar-refractivity contribution >= 4 is 17.3 Å². The van der Waals surface area contributed by atoms with E-state index in [1.54, 1.807) is 19.1 Å². The first-order valence-corrected chi connectivity index (χ1v) is 7.04. The summed E-state index contributed by atoms with van der Waals surface area (Å²) in [5, 5.41) is 3.36. The number of halogens is 3. The van der Waals surface area contributed by atoms with Crippen LogP contribution in [0, 0.1) is 0 Å². The zero-order chi connectivity index (χ0) is 16.8. The molecule has 0 amide bonds. The van der Waals surface area contributed by atoms with Crippen molar-refractivity contribution in [3.05, 3.63) is 58.6 Å². The van der Waals surface area contributed by atoms with Gasteiger partial charge in [-0.3, -0.25) is 0 Å². The van der Waals surface area contributed by atoms with Gasteiger partial charge in [0.1, 0.15) is 6.61 Å². The van der Waals surface area contributed by atoms with E-state index in [1.165, 1.54) is 24.5 Å². The van der Waals surface area contributed by atoms with Crippen LogP contribution in [0.5, 0.6) is 6.01 Å². The van der Waals surface area contributed by atoms with Gasteiger partial charge in [0.05, 0.1) is 23.1 Å². The summed E-state index contributed by atoms with van der Waals surface area (Å²) in [6.45, 7) is 1.77. The van der Waals surface area contributed by atoms with Crippen molar-refractivity contribution in [2.24, 2.45) is 5.73 Å². The van der Waals surface area contributed by atoms with Crippen LogP contribution in [0.3, 0.4) is 0 Å². The molecule has 0 spiro atoms. The number of benzene rings is 1. The molecule has 1 aromatic heterocycles. The Bertz CT molecular complexity index is 692. The smallest absolute Gasteiger partial charge is 0.316 e. The zero-order valence-corrected chi connectivity index (χ0v) is 13.0. The van der Waals surface area contributed by atoms with Gasteiger partial charge in [-0.05, 0) is 19.1 Å². The summed E-state index contributed by atoms with van der Waals surface area (Å²) in [4.78, 5) is 7.75. The lowest BCUT2D eigenvalue weighted by molar-refractivity contribution is 0.151. The second-order valence-electron chi connectivity index (χ2n) is 4.67. The first kappa shape index (κ1) is 17.0. The van der Waals surface area contributed by atoms with Crippen molar-refractivity contribution in [3.8, 4) is 6.01 Å². The molecule has 0 bridgehead atoms. The van der Waals surface area contributed by atoms with Gasteiger partial charge < -0.3 is 15.8 Å². The third-order valence-corrected chi connectivity index (χ3v) is 3.10. The van der Waals surface area contributed by atoms with Gasteiger partial charge in [0, 0.05) is 16.9 Å². The summed E-state index contributed by atoms with van der Waals surface area (Å²) in [7, 11) is 0. The molecule has 3 N–H and O–H groups in total. The quantitative estimate of drug-likeness (QED) is 0.837. The fourth-order valence-electron chi connectivity index (χ4n) is 1.67. The summed E-state index contributed by atoms with van der Waals surface area (Å²) in [6, 6.07) is 6.09. The number of alkyl halides is 2. The number of ether oxygens (including phenoxy) is 1. The highest BCUT2D eigenvalue weighted by molar-refractivity contribution is 6.30. The molecule has 0 saturated carbocycles. The molecule has 0 fully saturated rings. The van der Waals surface area contributed by atoms with Gasteiger partial charge in [0.15, 0.2) is 0 Å². The minimum atomic E-state index is -2.52. The van der Waals surface area contributed by atoms with Crippen molar-refractivity contribution in [1.82, 2.24) is 9.97 Å². The van der Waals surface area contributed by atoms with Crippen LogP contribution in [0.1, 0.15) is 18.9 Å². The maximum Gasteiger partial charge on any atom is 0.316 e. The van der Waals surface area contributed by atoms with Crippen LogP contribution in [-0.2, 0) is 0 Å². The molecule has 0 atom stereocenters. The SMILES string of the molecule is C/C(Nc1cccc(C(F)F)c1)=C(/N)COc1ncc(Cl)cn1. The van der Waals surface area contributed by atoms with E-state index < -0.39 is 6.43 Å². The zero-order valence-electron chi connectivity index (χ0n) is 12.3. The highest BCUT2D eigenvalue weighted by atomic mass is 35.5. The van der Waals surface area contributed by atoms with Gasteiger partial charge >= 0.3 is 6.01 Å². The van der Waals surface area contributed by atoms with Gasteiger partial charge in [-0.2, -0.15) is 0 Å². The molecule has 23 heavy (non-hydrogen) atoms. The molecule has 8 heteroatoms. The number of anilines is 1. The number of nitrogens with one attached hydrogen (secondary N) is 1. The Morgan fingerprint density at radius 2 is 2.04 bits per heavy atom. The molecule has 2 rings (SSSR count). The van der Waals surface area contributed by atoms with Crippen LogP contribution in [0.4, 0.5) is 14.5 Å². The second-order valence-corrected chi connectivity index (χ2v) is 5.11. The second kappa shape index (κ2) is 7.73. The molecular weight excluding hydrogens is 326 g/mol. The molecule has 5 nitrogen and oxygen atoms in total. The van der Waals surface area contributed by atoms with Gasteiger partial charge in [0.2, 0.25) is 0 Å². The van der Waals surface area contributed by atoms with Gasteiger partial charge in [-0.25, -0.2) is 18.7 Å². The lowest BCUT2D eigenvalue weighted by Crippen LogP contribution is -2.15. The molecule has 1 heterocycles. The molecule has 2 aromatic rings. The molecule has 0 aliphatic heterocycles. The number of aromatic nitrogens is 2. The fraction of sp³-hybridized carbons (Fsp3) is 0.200. The molecule has 0 aliphatic rings. The Labute approximate surface area is 137 Å². The predicted octanol–water partition coefficient (Wildman–Crippen LogP) is 3.75. The van der Waals surface area contributed by atoms with Crippen molar-refractivity contribution < 1.29 is 13.5 Å². The Morgan fingerprint density at radius 1 is 1.35 bits per heavy atom. The Kier molecular flexibility index (Phi) is 5.70. The van der Waals surface area contributed by atoms with Crippen LogP contribution in [0.25, 0.3) is 0 Å². The van der Waals surface area contributed by atoms with Crippen LogP contribution >= 0.6 is 11.6 Å². The summed E-state index contributed by atoms with van der Waals surface area (Å²) < 4.78 is 30.7. The summed E-state index contributed by atoms with van der Waals surface area (Å²) >= 11 is 5.67. The molecule has 0 radical (unpaired) electrons. The van der Waals surface area contributed by atoms with Gasteiger partial charge in [-0.15, -0.1) is 0 Å². The lowest BCUT2D eigenvalue weighted by atomic mass is 10.2. The van der Waals surface area contributed by atoms with Crippen molar-refractivity contribution in [1.29, 1.82) is 0 Å². The molecule has 0 unspecified atom stereocenters. The minimum absolute atomic E-state index is 0.0506. The first-order chi connectivity index (χ1) is 11.0. The molecule has 122 valence electrons. The number of rotatable bonds is 6. The Hall–Kier alpha value is -2.41. The molecular formula is C15H15ClF2N4O. The van der Waals surface area contributed by atoms with Crippen LogP contribution in [0.15, 0.2) is 48.1 Å². The standard InChI is InChI=1S/C15H15ClF2N4O/c1-9(22-12-4-2-3-10(5-12)14(17)18)13(19)8-23-15-20-6-11(16)7-21-15/h2-7,14,22H,8,19H2,1H3/b13-9-. The lowest BCUT2D eigenvalue weighted by Gasteiger charge is -2.12. The number of nitrogens with zero attached hydrogens (tertiary/aromatic N) is 2. The number of hydrogen-bond acceptors (Lipinski definition) is 5. The minimum Gasteiger partial charge on any atom is -0.457 e. The molecule has 1 aromatic carbocycles. The van der Waals surface area contributed by atoms with E-state index in [0.29, 0.717) is 22.1 Å². The first-order valence-electron chi connectivity index (χ1n) is 6.66. The summed E-state index contributed by atoms with van der Waals surface area (Å²) in [6.07, 6.45) is 0.291. The number of hydrogen-bond donors (Lipinski definition) is 2. The maximum atomic E-state index is 12.7. The van der Waals surface area contributed by atoms with E-state index in [1.807, 2.05) is 0 Å². The molecule has 0 saturated heterocycles. The van der Waals surface area contributed by atoms with Gasteiger partial charge in [-0.1, -0.05) is 23.7 Å². The largest absolute Gasteiger partial charge is 0.457 e. The third-order valence-electron chi connectivity index (χ3n) is 2.91. The van der Waals surface area contributed by atoms with E-state index in [4.69, 9.17) is 22.1 Å². The van der Waals surface area contributed by atoms with Gasteiger partial charge in [0.25, 0.3) is 6.43 Å². The number of allylic oxidation sites excluding steroid dienone is 1. The summed E-state index contributed by atoms with van der Waals surface area (Å²) in [5.41, 5.74) is 7.34. The van der Waals surface area contributed by atoms with Crippen LogP contribution in [0.2, 0.25) is 5.02 Å². The topological polar surface area (TPSA) is 73.1 Å². The number of nitrogens with two attached hydrogens (primary N) is 1. The third kappa shape index (κ3) is 5.07. The van der Waals surface area contributed by atoms with E-state index in [0.717, 1.165) is 0 Å². The van der Waals surface area contributed by atoms with Crippen molar-refractivity contribution in [2.45, 2.75) is 13.3 Å². The monoisotopic (exact) mass is 340 g/mol. The predicted molar refractivity (Wildman–Crippen MR) is 84.4 cm³/mol. The normalized spacial score (nSPS) is 12.0. The summed E-state index contributed by atoms with van der Waals surface area (Å²) in [5.74, 6) is 0. The van der Waals surface area contributed by atoms with E-state index >= 15 is 0 Å². The van der Waals surface area contributed by atoms with Crippen LogP contribution < -0.4 is 15.8 Å². The van der Waals surface area contributed by atoms with E-state index in [2.05, 4.69) is 15.3 Å². The molecule has 0 aliphatic carbocycles. The Morgan fingerprint density at radius 3 is 2.70 bits per heavy atom. The van der Waals surface area contributed by atoms with Crippen molar-refractivity contribution in [2.75, 3.05) is 11.9 Å². The van der Waals surface area contributed by atoms with E-state index in [-0.39, 0.29) is 18.2 Å². The fourth-order valence-corrected chi connectivity index (χ4v) is 1.77. The van der Waals surface area contributed by atoms with Crippen LogP contribution in [-0.4, -0.2) is 16.6 Å². The Balaban J connectivity index is 1.99. The average molecular weight is 341 g/mol. The maximum absolute atomic E-state index is 12.7.